The Balaban J connectivity index is 2.45. The molecule has 0 aromatic heterocycles. The minimum absolute atomic E-state index is 0.0885. The molecule has 0 bridgehead atoms. The van der Waals surface area contributed by atoms with Crippen LogP contribution in [0.5, 0.6) is 5.75 Å². The van der Waals surface area contributed by atoms with Crippen LogP contribution in [0, 0.1) is 0 Å². The summed E-state index contributed by atoms with van der Waals surface area (Å²) in [6, 6.07) is 7.80. The van der Waals surface area contributed by atoms with Crippen LogP contribution < -0.4 is 4.74 Å². The van der Waals surface area contributed by atoms with Crippen LogP contribution in [0.15, 0.2) is 24.3 Å². The predicted octanol–water partition coefficient (Wildman–Crippen LogP) is 2.83. The van der Waals surface area contributed by atoms with Gasteiger partial charge in [0, 0.05) is 6.42 Å². The van der Waals surface area contributed by atoms with Gasteiger partial charge in [-0.1, -0.05) is 12.1 Å². The first-order chi connectivity index (χ1) is 7.26. The van der Waals surface area contributed by atoms with Crippen LogP contribution in [0.25, 0.3) is 0 Å². The number of hydrogen-bond acceptors (Lipinski definition) is 2. The highest BCUT2D eigenvalue weighted by Gasteiger charge is 2.00. The van der Waals surface area contributed by atoms with Crippen LogP contribution in [0.1, 0.15) is 18.9 Å². The van der Waals surface area contributed by atoms with Crippen LogP contribution in [0.4, 0.5) is 0 Å². The number of alkyl halides is 1. The van der Waals surface area contributed by atoms with Gasteiger partial charge in [-0.25, -0.2) is 0 Å². The quantitative estimate of drug-likeness (QED) is 0.698. The molecule has 0 unspecified atom stereocenters. The summed E-state index contributed by atoms with van der Waals surface area (Å²) < 4.78 is 5.32. The van der Waals surface area contributed by atoms with E-state index in [0.29, 0.717) is 13.0 Å². The van der Waals surface area contributed by atoms with E-state index >= 15 is 0 Å². The second-order valence-corrected chi connectivity index (χ2v) is 3.52. The number of rotatable bonds is 6. The summed E-state index contributed by atoms with van der Waals surface area (Å²) in [5.41, 5.74) is 1.14. The third kappa shape index (κ3) is 4.34. The fraction of sp³-hybridized carbons (Fsp3) is 0.417. The molecule has 1 aromatic carbocycles. The fourth-order valence-electron chi connectivity index (χ4n) is 1.27. The average molecular weight is 227 g/mol. The first-order valence-electron chi connectivity index (χ1n) is 5.05. The van der Waals surface area contributed by atoms with Crippen molar-refractivity contribution in [3.8, 4) is 5.75 Å². The molecule has 0 radical (unpaired) electrons. The second-order valence-electron chi connectivity index (χ2n) is 3.25. The van der Waals surface area contributed by atoms with E-state index in [1.807, 2.05) is 31.2 Å². The summed E-state index contributed by atoms with van der Waals surface area (Å²) in [4.78, 5) is 11.0. The van der Waals surface area contributed by atoms with Crippen molar-refractivity contribution < 1.29 is 9.53 Å². The number of Topliss-reactive ketones (excluding diaryl/α,β-unsaturated/α-hetero) is 1. The molecule has 0 heterocycles. The number of benzene rings is 1. The summed E-state index contributed by atoms with van der Waals surface area (Å²) in [5.74, 6) is 1.06. The van der Waals surface area contributed by atoms with Crippen molar-refractivity contribution in [2.24, 2.45) is 0 Å². The van der Waals surface area contributed by atoms with Crippen molar-refractivity contribution in [1.29, 1.82) is 0 Å². The number of aryl methyl sites for hydroxylation is 1. The molecule has 0 amide bonds. The molecule has 82 valence electrons. The molecule has 0 saturated carbocycles. The Hall–Kier alpha value is -1.02. The zero-order valence-corrected chi connectivity index (χ0v) is 9.59. The van der Waals surface area contributed by atoms with Gasteiger partial charge in [0.2, 0.25) is 0 Å². The molecule has 0 atom stereocenters. The van der Waals surface area contributed by atoms with E-state index in [0.717, 1.165) is 17.7 Å². The van der Waals surface area contributed by atoms with Gasteiger partial charge < -0.3 is 4.74 Å². The maximum atomic E-state index is 11.0. The number of carbonyl (C=O) groups is 1. The maximum absolute atomic E-state index is 11.0. The molecule has 0 N–H and O–H groups in total. The van der Waals surface area contributed by atoms with E-state index in [1.54, 1.807) is 0 Å². The topological polar surface area (TPSA) is 26.3 Å². The molecule has 15 heavy (non-hydrogen) atoms. The minimum atomic E-state index is 0.0885. The first kappa shape index (κ1) is 12.1. The number of carbonyl (C=O) groups excluding carboxylic acids is 1. The number of ether oxygens (including phenoxy) is 1. The van der Waals surface area contributed by atoms with Gasteiger partial charge in [0.1, 0.15) is 11.5 Å². The normalized spacial score (nSPS) is 10.0. The zero-order chi connectivity index (χ0) is 11.1. The average Bonchev–Trinajstić information content (AvgIpc) is 2.28. The van der Waals surface area contributed by atoms with Gasteiger partial charge in [0.25, 0.3) is 0 Å². The lowest BCUT2D eigenvalue weighted by Gasteiger charge is -2.04. The summed E-state index contributed by atoms with van der Waals surface area (Å²) in [7, 11) is 0. The second kappa shape index (κ2) is 6.46. The molecule has 0 spiro atoms. The van der Waals surface area contributed by atoms with Crippen molar-refractivity contribution in [2.75, 3.05) is 12.5 Å². The smallest absolute Gasteiger partial charge is 0.147 e. The van der Waals surface area contributed by atoms with Gasteiger partial charge in [-0.05, 0) is 31.0 Å². The summed E-state index contributed by atoms with van der Waals surface area (Å²) in [5, 5.41) is 0. The van der Waals surface area contributed by atoms with Gasteiger partial charge >= 0.3 is 0 Å². The van der Waals surface area contributed by atoms with E-state index in [2.05, 4.69) is 0 Å². The molecular formula is C12H15ClO2. The van der Waals surface area contributed by atoms with E-state index in [9.17, 15) is 4.79 Å². The van der Waals surface area contributed by atoms with Crippen molar-refractivity contribution >= 4 is 17.4 Å². The Morgan fingerprint density at radius 3 is 2.53 bits per heavy atom. The molecule has 1 rings (SSSR count). The van der Waals surface area contributed by atoms with Crippen molar-refractivity contribution in [2.45, 2.75) is 19.8 Å². The van der Waals surface area contributed by atoms with Crippen LogP contribution in [0.3, 0.4) is 0 Å². The third-order valence-corrected chi connectivity index (χ3v) is 2.37. The first-order valence-corrected chi connectivity index (χ1v) is 5.59. The Morgan fingerprint density at radius 2 is 2.00 bits per heavy atom. The van der Waals surface area contributed by atoms with Gasteiger partial charge in [-0.2, -0.15) is 0 Å². The highest BCUT2D eigenvalue weighted by atomic mass is 35.5. The Labute approximate surface area is 95.2 Å². The Morgan fingerprint density at radius 1 is 1.33 bits per heavy atom. The lowest BCUT2D eigenvalue weighted by molar-refractivity contribution is -0.116. The highest BCUT2D eigenvalue weighted by molar-refractivity contribution is 6.27. The third-order valence-electron chi connectivity index (χ3n) is 2.08. The van der Waals surface area contributed by atoms with E-state index < -0.39 is 0 Å². The van der Waals surface area contributed by atoms with E-state index in [1.165, 1.54) is 0 Å². The monoisotopic (exact) mass is 226 g/mol. The highest BCUT2D eigenvalue weighted by Crippen LogP contribution is 2.13. The maximum Gasteiger partial charge on any atom is 0.147 e. The van der Waals surface area contributed by atoms with Gasteiger partial charge in [-0.15, -0.1) is 11.6 Å². The molecule has 0 aliphatic carbocycles. The van der Waals surface area contributed by atoms with Gasteiger partial charge in [0.15, 0.2) is 0 Å². The lowest BCUT2D eigenvalue weighted by Crippen LogP contribution is -2.01. The standard InChI is InChI=1S/C12H15ClO2/c1-2-15-12-7-4-10(5-8-12)3-6-11(14)9-13/h4-5,7-8H,2-3,6,9H2,1H3. The van der Waals surface area contributed by atoms with Crippen LogP contribution >= 0.6 is 11.6 Å². The summed E-state index contributed by atoms with van der Waals surface area (Å²) in [6.45, 7) is 2.62. The minimum Gasteiger partial charge on any atom is -0.494 e. The number of hydrogen-bond donors (Lipinski definition) is 0. The molecule has 0 aliphatic rings. The van der Waals surface area contributed by atoms with Crippen molar-refractivity contribution in [3.63, 3.8) is 0 Å². The predicted molar refractivity (Wildman–Crippen MR) is 61.7 cm³/mol. The van der Waals surface area contributed by atoms with Crippen molar-refractivity contribution in [1.82, 2.24) is 0 Å². The molecule has 1 aromatic rings. The summed E-state index contributed by atoms with van der Waals surface area (Å²) >= 11 is 5.42. The lowest BCUT2D eigenvalue weighted by atomic mass is 10.1. The van der Waals surface area contributed by atoms with E-state index in [4.69, 9.17) is 16.3 Å². The molecule has 0 aliphatic heterocycles. The SMILES string of the molecule is CCOc1ccc(CCC(=O)CCl)cc1. The molecule has 0 saturated heterocycles. The van der Waals surface area contributed by atoms with Crippen LogP contribution in [-0.4, -0.2) is 18.3 Å². The molecular weight excluding hydrogens is 212 g/mol. The number of halogens is 1. The Bertz CT molecular complexity index is 306. The van der Waals surface area contributed by atoms with Gasteiger partial charge in [-0.3, -0.25) is 4.79 Å². The van der Waals surface area contributed by atoms with Gasteiger partial charge in [0.05, 0.1) is 12.5 Å². The van der Waals surface area contributed by atoms with Crippen molar-refractivity contribution in [3.05, 3.63) is 29.8 Å². The molecule has 0 fully saturated rings. The van der Waals surface area contributed by atoms with Crippen LogP contribution in [0.2, 0.25) is 0 Å². The zero-order valence-electron chi connectivity index (χ0n) is 8.83. The molecule has 3 heteroatoms. The fourth-order valence-corrected chi connectivity index (χ4v) is 1.40. The molecule has 2 nitrogen and oxygen atoms in total. The van der Waals surface area contributed by atoms with E-state index in [-0.39, 0.29) is 11.7 Å². The largest absolute Gasteiger partial charge is 0.494 e. The Kier molecular flexibility index (Phi) is 5.19. The summed E-state index contributed by atoms with van der Waals surface area (Å²) in [6.07, 6.45) is 1.26. The van der Waals surface area contributed by atoms with Crippen LogP contribution in [-0.2, 0) is 11.2 Å². The number of ketones is 1.